The molecule has 0 unspecified atom stereocenters. The molecule has 0 aliphatic carbocycles. The number of hydrogen-bond donors (Lipinski definition) is 1. The molecule has 1 saturated heterocycles. The average molecular weight is 465 g/mol. The quantitative estimate of drug-likeness (QED) is 0.322. The van der Waals surface area contributed by atoms with Gasteiger partial charge < -0.3 is 19.6 Å². The van der Waals surface area contributed by atoms with Crippen LogP contribution in [0.5, 0.6) is 5.75 Å². The summed E-state index contributed by atoms with van der Waals surface area (Å²) in [6, 6.07) is 14.3. The van der Waals surface area contributed by atoms with Crippen LogP contribution < -0.4 is 4.74 Å². The van der Waals surface area contributed by atoms with Crippen LogP contribution in [-0.4, -0.2) is 59.9 Å². The number of amides is 1. The van der Waals surface area contributed by atoms with Crippen LogP contribution in [0.2, 0.25) is 0 Å². The van der Waals surface area contributed by atoms with Gasteiger partial charge in [-0.25, -0.2) is 0 Å². The van der Waals surface area contributed by atoms with Crippen molar-refractivity contribution in [2.75, 3.05) is 27.2 Å². The van der Waals surface area contributed by atoms with Crippen LogP contribution >= 0.6 is 0 Å². The van der Waals surface area contributed by atoms with Gasteiger partial charge in [0.1, 0.15) is 11.5 Å². The van der Waals surface area contributed by atoms with Crippen LogP contribution in [0, 0.1) is 0 Å². The van der Waals surface area contributed by atoms with Crippen LogP contribution in [0.3, 0.4) is 0 Å². The maximum atomic E-state index is 13.2. The summed E-state index contributed by atoms with van der Waals surface area (Å²) in [7, 11) is 3.95. The molecular weight excluding hydrogens is 428 g/mol. The molecule has 6 heteroatoms. The van der Waals surface area contributed by atoms with Crippen molar-refractivity contribution in [3.63, 3.8) is 0 Å². The van der Waals surface area contributed by atoms with Gasteiger partial charge in [-0.05, 0) is 82.2 Å². The topological polar surface area (TPSA) is 70.1 Å². The standard InChI is InChI=1S/C28H36N2O4/c1-18(2)20-8-10-21(11-9-20)25-24(27(32)28(33)30(25)17-7-16-29(5)6)26(31)22-12-14-23(15-13-22)34-19(3)4/h8-15,18-19,25,31H,7,16-17H2,1-6H3/t25-/m1/s1. The fourth-order valence-corrected chi connectivity index (χ4v) is 4.20. The summed E-state index contributed by atoms with van der Waals surface area (Å²) in [5.74, 6) is -0.341. The SMILES string of the molecule is CC(C)Oc1ccc(C(O)=C2C(=O)C(=O)N(CCCN(C)C)[C@@H]2c2ccc(C(C)C)cc2)cc1. The lowest BCUT2D eigenvalue weighted by molar-refractivity contribution is -0.139. The van der Waals surface area contributed by atoms with E-state index in [9.17, 15) is 14.7 Å². The highest BCUT2D eigenvalue weighted by molar-refractivity contribution is 6.46. The van der Waals surface area contributed by atoms with E-state index in [0.717, 1.165) is 18.5 Å². The lowest BCUT2D eigenvalue weighted by Crippen LogP contribution is -2.32. The largest absolute Gasteiger partial charge is 0.507 e. The molecule has 1 aliphatic heterocycles. The van der Waals surface area contributed by atoms with Gasteiger partial charge >= 0.3 is 0 Å². The monoisotopic (exact) mass is 464 g/mol. The minimum absolute atomic E-state index is 0.0285. The Hall–Kier alpha value is -3.12. The second kappa shape index (κ2) is 10.9. The predicted octanol–water partition coefficient (Wildman–Crippen LogP) is 4.97. The highest BCUT2D eigenvalue weighted by Gasteiger charge is 2.45. The number of likely N-dealkylation sites (tertiary alicyclic amines) is 1. The third-order valence-corrected chi connectivity index (χ3v) is 5.96. The Balaban J connectivity index is 2.04. The van der Waals surface area contributed by atoms with Gasteiger partial charge in [0.25, 0.3) is 11.7 Å². The zero-order valence-electron chi connectivity index (χ0n) is 21.0. The van der Waals surface area contributed by atoms with E-state index in [-0.39, 0.29) is 17.4 Å². The van der Waals surface area contributed by atoms with Crippen molar-refractivity contribution in [1.29, 1.82) is 0 Å². The van der Waals surface area contributed by atoms with Gasteiger partial charge in [0.05, 0.1) is 17.7 Å². The normalized spacial score (nSPS) is 17.9. The fourth-order valence-electron chi connectivity index (χ4n) is 4.20. The molecule has 6 nitrogen and oxygen atoms in total. The highest BCUT2D eigenvalue weighted by Crippen LogP contribution is 2.40. The number of nitrogens with zero attached hydrogens (tertiary/aromatic N) is 2. The van der Waals surface area contributed by atoms with Crippen molar-refractivity contribution in [3.05, 3.63) is 70.8 Å². The molecule has 1 N–H and O–H groups in total. The second-order valence-corrected chi connectivity index (χ2v) is 9.66. The van der Waals surface area contributed by atoms with Gasteiger partial charge in [0.15, 0.2) is 0 Å². The molecule has 0 bridgehead atoms. The summed E-state index contributed by atoms with van der Waals surface area (Å²) >= 11 is 0. The van der Waals surface area contributed by atoms with Crippen LogP contribution in [0.1, 0.15) is 62.8 Å². The predicted molar refractivity (Wildman–Crippen MR) is 135 cm³/mol. The summed E-state index contributed by atoms with van der Waals surface area (Å²) < 4.78 is 5.68. The Morgan fingerprint density at radius 2 is 1.62 bits per heavy atom. The highest BCUT2D eigenvalue weighted by atomic mass is 16.5. The van der Waals surface area contributed by atoms with Crippen molar-refractivity contribution >= 4 is 17.4 Å². The minimum atomic E-state index is -0.650. The van der Waals surface area contributed by atoms with Crippen LogP contribution in [-0.2, 0) is 9.59 Å². The summed E-state index contributed by atoms with van der Waals surface area (Å²) in [6.45, 7) is 9.34. The third kappa shape index (κ3) is 5.68. The zero-order chi connectivity index (χ0) is 25.0. The molecule has 1 heterocycles. The van der Waals surface area contributed by atoms with Crippen LogP contribution in [0.25, 0.3) is 5.76 Å². The van der Waals surface area contributed by atoms with E-state index in [4.69, 9.17) is 4.74 Å². The lowest BCUT2D eigenvalue weighted by Gasteiger charge is -2.26. The first-order valence-electron chi connectivity index (χ1n) is 11.9. The number of carbonyl (C=O) groups excluding carboxylic acids is 2. The number of aliphatic hydroxyl groups excluding tert-OH is 1. The van der Waals surface area contributed by atoms with Crippen molar-refractivity contribution in [2.24, 2.45) is 0 Å². The van der Waals surface area contributed by atoms with Crippen molar-refractivity contribution in [1.82, 2.24) is 9.80 Å². The lowest BCUT2D eigenvalue weighted by atomic mass is 9.93. The number of carbonyl (C=O) groups is 2. The Labute approximate surface area is 202 Å². The summed E-state index contributed by atoms with van der Waals surface area (Å²) in [6.07, 6.45) is 0.753. The van der Waals surface area contributed by atoms with E-state index >= 15 is 0 Å². The first-order chi connectivity index (χ1) is 16.1. The molecule has 2 aromatic rings. The molecule has 182 valence electrons. The van der Waals surface area contributed by atoms with E-state index in [1.807, 2.05) is 57.1 Å². The van der Waals surface area contributed by atoms with E-state index in [1.54, 1.807) is 29.2 Å². The molecule has 3 rings (SSSR count). The van der Waals surface area contributed by atoms with Gasteiger partial charge in [-0.1, -0.05) is 38.1 Å². The summed E-state index contributed by atoms with van der Waals surface area (Å²) in [5.41, 5.74) is 2.60. The van der Waals surface area contributed by atoms with E-state index < -0.39 is 17.7 Å². The fraction of sp³-hybridized carbons (Fsp3) is 0.429. The van der Waals surface area contributed by atoms with Gasteiger partial charge in [-0.15, -0.1) is 0 Å². The molecule has 1 aliphatic rings. The number of hydrogen-bond acceptors (Lipinski definition) is 5. The van der Waals surface area contributed by atoms with Crippen molar-refractivity contribution in [3.8, 4) is 5.75 Å². The zero-order valence-corrected chi connectivity index (χ0v) is 21.0. The number of ether oxygens (including phenoxy) is 1. The number of aliphatic hydroxyl groups is 1. The van der Waals surface area contributed by atoms with Crippen LogP contribution in [0.4, 0.5) is 0 Å². The smallest absolute Gasteiger partial charge is 0.295 e. The second-order valence-electron chi connectivity index (χ2n) is 9.66. The molecule has 1 fully saturated rings. The molecule has 2 aromatic carbocycles. The van der Waals surface area contributed by atoms with E-state index in [0.29, 0.717) is 23.8 Å². The molecule has 1 amide bonds. The first kappa shape index (κ1) is 25.5. The van der Waals surface area contributed by atoms with Gasteiger partial charge in [-0.2, -0.15) is 0 Å². The minimum Gasteiger partial charge on any atom is -0.507 e. The maximum Gasteiger partial charge on any atom is 0.295 e. The number of rotatable bonds is 9. The van der Waals surface area contributed by atoms with Gasteiger partial charge in [0.2, 0.25) is 0 Å². The average Bonchev–Trinajstić information content (AvgIpc) is 3.03. The molecule has 0 aromatic heterocycles. The summed E-state index contributed by atoms with van der Waals surface area (Å²) in [5, 5.41) is 11.2. The first-order valence-corrected chi connectivity index (χ1v) is 11.9. The van der Waals surface area contributed by atoms with E-state index in [1.165, 1.54) is 5.56 Å². The van der Waals surface area contributed by atoms with E-state index in [2.05, 4.69) is 13.8 Å². The van der Waals surface area contributed by atoms with Crippen molar-refractivity contribution < 1.29 is 19.4 Å². The van der Waals surface area contributed by atoms with Crippen molar-refractivity contribution in [2.45, 2.75) is 52.2 Å². The molecule has 34 heavy (non-hydrogen) atoms. The molecular formula is C28H36N2O4. The molecule has 0 radical (unpaired) electrons. The van der Waals surface area contributed by atoms with Gasteiger partial charge in [-0.3, -0.25) is 9.59 Å². The molecule has 0 spiro atoms. The Bertz CT molecular complexity index is 1040. The third-order valence-electron chi connectivity index (χ3n) is 5.96. The summed E-state index contributed by atoms with van der Waals surface area (Å²) in [4.78, 5) is 29.9. The molecule has 1 atom stereocenters. The van der Waals surface area contributed by atoms with Crippen LogP contribution in [0.15, 0.2) is 54.1 Å². The number of Topliss-reactive ketones (excluding diaryl/α,β-unsaturated/α-hetero) is 1. The number of benzene rings is 2. The molecule has 0 saturated carbocycles. The maximum absolute atomic E-state index is 13.2. The number of ketones is 1. The Morgan fingerprint density at radius 3 is 2.15 bits per heavy atom. The Kier molecular flexibility index (Phi) is 8.15. The Morgan fingerprint density at radius 1 is 1.00 bits per heavy atom. The van der Waals surface area contributed by atoms with Gasteiger partial charge in [0, 0.05) is 12.1 Å².